The van der Waals surface area contributed by atoms with Gasteiger partial charge in [-0.3, -0.25) is 0 Å². The first-order valence-electron chi connectivity index (χ1n) is 4.14. The summed E-state index contributed by atoms with van der Waals surface area (Å²) in [5.74, 6) is -0.403. The van der Waals surface area contributed by atoms with Crippen LogP contribution in [-0.2, 0) is 9.53 Å². The second-order valence-corrected chi connectivity index (χ2v) is 2.67. The highest BCUT2D eigenvalue weighted by Gasteiger charge is 2.01. The molecule has 1 aromatic rings. The fourth-order valence-electron chi connectivity index (χ4n) is 0.723. The highest BCUT2D eigenvalue weighted by atomic mass is 16.7. The number of nitrogens with zero attached hydrogens (tertiary/aromatic N) is 2. The molecular weight excluding hydrogens is 184 g/mol. The van der Waals surface area contributed by atoms with Gasteiger partial charge >= 0.3 is 5.97 Å². The van der Waals surface area contributed by atoms with Crippen molar-refractivity contribution in [3.63, 3.8) is 0 Å². The van der Waals surface area contributed by atoms with E-state index in [-0.39, 0.29) is 13.2 Å². The molecule has 0 saturated heterocycles. The largest absolute Gasteiger partial charge is 0.459 e. The Bertz CT molecular complexity index is 306. The van der Waals surface area contributed by atoms with Gasteiger partial charge in [0.15, 0.2) is 0 Å². The van der Waals surface area contributed by atoms with Crippen molar-refractivity contribution in [3.8, 4) is 0 Å². The van der Waals surface area contributed by atoms with Crippen molar-refractivity contribution >= 4 is 5.97 Å². The van der Waals surface area contributed by atoms with E-state index in [4.69, 9.17) is 9.57 Å². The quantitative estimate of drug-likeness (QED) is 0.389. The van der Waals surface area contributed by atoms with Crippen LogP contribution in [0.4, 0.5) is 0 Å². The minimum absolute atomic E-state index is 0.198. The molecule has 0 aliphatic heterocycles. The van der Waals surface area contributed by atoms with Gasteiger partial charge in [-0.1, -0.05) is 6.58 Å². The standard InChI is InChI=1S/C9H12N2O3/c1-8(2)9(12)13-5-6-14-11-4-3-10-7-11/h3-4,7H,1,5-6H2,2H3. The van der Waals surface area contributed by atoms with Crippen molar-refractivity contribution in [3.05, 3.63) is 30.9 Å². The van der Waals surface area contributed by atoms with E-state index in [1.165, 1.54) is 11.1 Å². The zero-order chi connectivity index (χ0) is 10.4. The molecule has 5 heteroatoms. The van der Waals surface area contributed by atoms with Crippen LogP contribution < -0.4 is 4.84 Å². The maximum Gasteiger partial charge on any atom is 0.333 e. The highest BCUT2D eigenvalue weighted by Crippen LogP contribution is 1.91. The first-order valence-corrected chi connectivity index (χ1v) is 4.14. The van der Waals surface area contributed by atoms with Gasteiger partial charge in [0.1, 0.15) is 19.5 Å². The van der Waals surface area contributed by atoms with E-state index in [0.29, 0.717) is 5.57 Å². The lowest BCUT2D eigenvalue weighted by molar-refractivity contribution is -0.140. The molecule has 0 spiro atoms. The van der Waals surface area contributed by atoms with E-state index in [0.717, 1.165) is 0 Å². The Labute approximate surface area is 81.9 Å². The summed E-state index contributed by atoms with van der Waals surface area (Å²) in [4.78, 5) is 19.8. The maximum atomic E-state index is 10.9. The summed E-state index contributed by atoms with van der Waals surface area (Å²) in [5.41, 5.74) is 0.382. The van der Waals surface area contributed by atoms with Crippen LogP contribution in [0.2, 0.25) is 0 Å². The summed E-state index contributed by atoms with van der Waals surface area (Å²) in [7, 11) is 0. The molecule has 0 bridgehead atoms. The molecule has 0 radical (unpaired) electrons. The summed E-state index contributed by atoms with van der Waals surface area (Å²) in [5, 5.41) is 0. The van der Waals surface area contributed by atoms with E-state index in [9.17, 15) is 4.79 Å². The molecule has 0 atom stereocenters. The molecule has 14 heavy (non-hydrogen) atoms. The van der Waals surface area contributed by atoms with Gasteiger partial charge in [-0.2, -0.15) is 4.73 Å². The van der Waals surface area contributed by atoms with E-state index in [1.807, 2.05) is 0 Å². The van der Waals surface area contributed by atoms with Gasteiger partial charge in [0.05, 0.1) is 6.20 Å². The average molecular weight is 196 g/mol. The molecule has 0 unspecified atom stereocenters. The third-order valence-electron chi connectivity index (χ3n) is 1.39. The third kappa shape index (κ3) is 3.30. The second kappa shape index (κ2) is 5.06. The first kappa shape index (κ1) is 10.3. The lowest BCUT2D eigenvalue weighted by Gasteiger charge is -2.06. The molecule has 1 rings (SSSR count). The lowest BCUT2D eigenvalue weighted by atomic mass is 10.4. The summed E-state index contributed by atoms with van der Waals surface area (Å²) in [6, 6.07) is 0. The molecule has 0 saturated carbocycles. The number of imidazole rings is 1. The van der Waals surface area contributed by atoms with Gasteiger partial charge in [0.2, 0.25) is 0 Å². The fourth-order valence-corrected chi connectivity index (χ4v) is 0.723. The number of esters is 1. The Morgan fingerprint density at radius 2 is 2.36 bits per heavy atom. The predicted octanol–water partition coefficient (Wildman–Crippen LogP) is 0.431. The average Bonchev–Trinajstić information content (AvgIpc) is 2.64. The number of rotatable bonds is 5. The lowest BCUT2D eigenvalue weighted by Crippen LogP contribution is -2.17. The summed E-state index contributed by atoms with van der Waals surface area (Å²) in [6.45, 7) is 5.53. The zero-order valence-corrected chi connectivity index (χ0v) is 7.97. The number of aromatic nitrogens is 2. The summed E-state index contributed by atoms with van der Waals surface area (Å²) in [6.07, 6.45) is 4.76. The molecule has 5 nitrogen and oxygen atoms in total. The minimum atomic E-state index is -0.403. The maximum absolute atomic E-state index is 10.9. The SMILES string of the molecule is C=C(C)C(=O)OCCOn1ccnc1. The Kier molecular flexibility index (Phi) is 3.72. The summed E-state index contributed by atoms with van der Waals surface area (Å²) < 4.78 is 6.24. The first-order chi connectivity index (χ1) is 6.70. The molecule has 0 aliphatic rings. The summed E-state index contributed by atoms with van der Waals surface area (Å²) >= 11 is 0. The Hall–Kier alpha value is -1.78. The molecular formula is C9H12N2O3. The van der Waals surface area contributed by atoms with Crippen molar-refractivity contribution in [1.29, 1.82) is 0 Å². The predicted molar refractivity (Wildman–Crippen MR) is 49.4 cm³/mol. The molecule has 0 amide bonds. The zero-order valence-electron chi connectivity index (χ0n) is 7.97. The second-order valence-electron chi connectivity index (χ2n) is 2.67. The van der Waals surface area contributed by atoms with Crippen LogP contribution in [0.1, 0.15) is 6.92 Å². The molecule has 76 valence electrons. The number of ether oxygens (including phenoxy) is 1. The molecule has 0 aliphatic carbocycles. The number of carbonyl (C=O) groups excluding carboxylic acids is 1. The van der Waals surface area contributed by atoms with Crippen molar-refractivity contribution in [2.75, 3.05) is 13.2 Å². The fraction of sp³-hybridized carbons (Fsp3) is 0.333. The van der Waals surface area contributed by atoms with Crippen LogP contribution in [0.5, 0.6) is 0 Å². The smallest absolute Gasteiger partial charge is 0.333 e. The number of carbonyl (C=O) groups is 1. The van der Waals surface area contributed by atoms with Crippen LogP contribution in [0.25, 0.3) is 0 Å². The van der Waals surface area contributed by atoms with E-state index in [1.54, 1.807) is 19.3 Å². The third-order valence-corrected chi connectivity index (χ3v) is 1.39. The van der Waals surface area contributed by atoms with Gasteiger partial charge in [-0.15, -0.1) is 0 Å². The molecule has 1 aromatic heterocycles. The van der Waals surface area contributed by atoms with Crippen molar-refractivity contribution in [2.24, 2.45) is 0 Å². The molecule has 1 heterocycles. The van der Waals surface area contributed by atoms with Gasteiger partial charge < -0.3 is 9.57 Å². The van der Waals surface area contributed by atoms with E-state index >= 15 is 0 Å². The molecule has 0 fully saturated rings. The monoisotopic (exact) mass is 196 g/mol. The van der Waals surface area contributed by atoms with Crippen LogP contribution in [0.15, 0.2) is 30.9 Å². The Balaban J connectivity index is 2.11. The Morgan fingerprint density at radius 3 is 2.93 bits per heavy atom. The normalized spacial score (nSPS) is 9.50. The van der Waals surface area contributed by atoms with E-state index in [2.05, 4.69) is 11.6 Å². The molecule has 0 aromatic carbocycles. The van der Waals surface area contributed by atoms with Gasteiger partial charge in [0.25, 0.3) is 0 Å². The number of hydrogen-bond acceptors (Lipinski definition) is 4. The van der Waals surface area contributed by atoms with Crippen molar-refractivity contribution < 1.29 is 14.4 Å². The highest BCUT2D eigenvalue weighted by molar-refractivity contribution is 5.86. The van der Waals surface area contributed by atoms with Crippen LogP contribution in [0, 0.1) is 0 Å². The van der Waals surface area contributed by atoms with Crippen LogP contribution in [0.3, 0.4) is 0 Å². The van der Waals surface area contributed by atoms with Crippen molar-refractivity contribution in [1.82, 2.24) is 9.71 Å². The van der Waals surface area contributed by atoms with Gasteiger partial charge in [-0.05, 0) is 6.92 Å². The van der Waals surface area contributed by atoms with Crippen LogP contribution in [-0.4, -0.2) is 28.9 Å². The van der Waals surface area contributed by atoms with Gasteiger partial charge in [0, 0.05) is 11.8 Å². The molecule has 0 N–H and O–H groups in total. The minimum Gasteiger partial charge on any atom is -0.459 e. The number of hydrogen-bond donors (Lipinski definition) is 0. The van der Waals surface area contributed by atoms with Crippen LogP contribution >= 0.6 is 0 Å². The van der Waals surface area contributed by atoms with E-state index < -0.39 is 5.97 Å². The Morgan fingerprint density at radius 1 is 1.57 bits per heavy atom. The van der Waals surface area contributed by atoms with Gasteiger partial charge in [-0.25, -0.2) is 9.78 Å². The topological polar surface area (TPSA) is 53.4 Å². The van der Waals surface area contributed by atoms with Crippen molar-refractivity contribution in [2.45, 2.75) is 6.92 Å².